The molecule has 1 unspecified atom stereocenters. The maximum atomic E-state index is 11.1. The van der Waals surface area contributed by atoms with E-state index in [2.05, 4.69) is 6.58 Å². The summed E-state index contributed by atoms with van der Waals surface area (Å²) in [5, 5.41) is 0. The van der Waals surface area contributed by atoms with Crippen LogP contribution in [0.3, 0.4) is 0 Å². The molecule has 6 heteroatoms. The van der Waals surface area contributed by atoms with Gasteiger partial charge in [0.2, 0.25) is 0 Å². The van der Waals surface area contributed by atoms with E-state index in [0.29, 0.717) is 10.8 Å². The minimum Gasteiger partial charge on any atom is -0.271 e. The van der Waals surface area contributed by atoms with Gasteiger partial charge in [0.15, 0.2) is 0 Å². The van der Waals surface area contributed by atoms with E-state index in [1.807, 2.05) is 0 Å². The molecule has 0 bridgehead atoms. The van der Waals surface area contributed by atoms with Crippen LogP contribution in [-0.4, -0.2) is 26.8 Å². The highest BCUT2D eigenvalue weighted by atomic mass is 35.5. The summed E-state index contributed by atoms with van der Waals surface area (Å²) in [6, 6.07) is -1.43. The number of nitrogens with zero attached hydrogens (tertiary/aromatic N) is 2. The van der Waals surface area contributed by atoms with Crippen LogP contribution in [0.5, 0.6) is 0 Å². The summed E-state index contributed by atoms with van der Waals surface area (Å²) in [4.78, 5) is 22.0. The van der Waals surface area contributed by atoms with Crippen molar-refractivity contribution in [3.63, 3.8) is 0 Å². The molecule has 0 saturated carbocycles. The number of halogens is 2. The average molecular weight is 209 g/mol. The predicted octanol–water partition coefficient (Wildman–Crippen LogP) is 1.50. The zero-order valence-corrected chi connectivity index (χ0v) is 7.55. The van der Waals surface area contributed by atoms with Crippen molar-refractivity contribution in [3.8, 4) is 0 Å². The molecule has 0 radical (unpaired) electrons. The van der Waals surface area contributed by atoms with Crippen LogP contribution in [-0.2, 0) is 4.79 Å². The van der Waals surface area contributed by atoms with E-state index in [9.17, 15) is 9.59 Å². The Bertz CT molecular complexity index is 244. The number of amides is 3. The summed E-state index contributed by atoms with van der Waals surface area (Å²) < 4.78 is 1.25. The monoisotopic (exact) mass is 208 g/mol. The van der Waals surface area contributed by atoms with Crippen LogP contribution in [0.1, 0.15) is 6.42 Å². The quantitative estimate of drug-likeness (QED) is 0.392. The van der Waals surface area contributed by atoms with Crippen molar-refractivity contribution in [2.75, 3.05) is 0 Å². The first kappa shape index (κ1) is 9.35. The number of hydrogen-bond donors (Lipinski definition) is 0. The van der Waals surface area contributed by atoms with Crippen molar-refractivity contribution in [2.45, 2.75) is 12.5 Å². The van der Waals surface area contributed by atoms with E-state index in [1.54, 1.807) is 0 Å². The second-order valence-corrected chi connectivity index (χ2v) is 2.96. The van der Waals surface area contributed by atoms with Crippen molar-refractivity contribution < 1.29 is 9.59 Å². The molecular weight excluding hydrogens is 203 g/mol. The Balaban J connectivity index is 2.83. The largest absolute Gasteiger partial charge is 0.357 e. The normalized spacial score (nSPS) is 23.7. The standard InChI is InChI=1S/C6H6Cl2N2O2/c1-2-3-4-5(11)10(8)6(12)9(4)7/h2,4H,1,3H2. The van der Waals surface area contributed by atoms with Crippen molar-refractivity contribution >= 4 is 35.5 Å². The average Bonchev–Trinajstić information content (AvgIpc) is 2.23. The number of rotatable bonds is 2. The molecule has 12 heavy (non-hydrogen) atoms. The number of carbonyl (C=O) groups is 2. The first-order valence-corrected chi connectivity index (χ1v) is 3.86. The van der Waals surface area contributed by atoms with Crippen LogP contribution in [0, 0.1) is 0 Å². The molecule has 1 heterocycles. The molecule has 4 nitrogen and oxygen atoms in total. The number of urea groups is 1. The summed E-state index contributed by atoms with van der Waals surface area (Å²) >= 11 is 10.8. The fourth-order valence-corrected chi connectivity index (χ4v) is 1.36. The molecule has 0 aromatic carbocycles. The highest BCUT2D eigenvalue weighted by molar-refractivity contribution is 6.38. The van der Waals surface area contributed by atoms with Crippen LogP contribution in [0.15, 0.2) is 12.7 Å². The van der Waals surface area contributed by atoms with Gasteiger partial charge in [-0.05, 0) is 6.42 Å². The van der Waals surface area contributed by atoms with Crippen LogP contribution in [0.4, 0.5) is 4.79 Å². The first-order chi connectivity index (χ1) is 5.59. The number of carbonyl (C=O) groups excluding carboxylic acids is 2. The van der Waals surface area contributed by atoms with Crippen molar-refractivity contribution in [3.05, 3.63) is 12.7 Å². The molecule has 66 valence electrons. The molecular formula is C6H6Cl2N2O2. The summed E-state index contributed by atoms with van der Waals surface area (Å²) in [5.41, 5.74) is 0. The van der Waals surface area contributed by atoms with Crippen LogP contribution in [0.25, 0.3) is 0 Å². The molecule has 1 rings (SSSR count). The Kier molecular flexibility index (Phi) is 2.59. The Morgan fingerprint density at radius 2 is 2.08 bits per heavy atom. The molecule has 1 aliphatic heterocycles. The Morgan fingerprint density at radius 3 is 2.42 bits per heavy atom. The molecule has 3 amide bonds. The molecule has 0 spiro atoms. The maximum Gasteiger partial charge on any atom is 0.357 e. The van der Waals surface area contributed by atoms with Gasteiger partial charge in [-0.15, -0.1) is 6.58 Å². The molecule has 1 saturated heterocycles. The summed E-state index contributed by atoms with van der Waals surface area (Å²) in [6.45, 7) is 3.43. The van der Waals surface area contributed by atoms with E-state index in [0.717, 1.165) is 4.42 Å². The third kappa shape index (κ3) is 1.28. The van der Waals surface area contributed by atoms with Gasteiger partial charge in [0.25, 0.3) is 5.91 Å². The lowest BCUT2D eigenvalue weighted by Gasteiger charge is -2.09. The molecule has 0 aromatic heterocycles. The first-order valence-electron chi connectivity index (χ1n) is 3.19. The van der Waals surface area contributed by atoms with Crippen molar-refractivity contribution in [1.29, 1.82) is 0 Å². The van der Waals surface area contributed by atoms with Gasteiger partial charge in [-0.2, -0.15) is 4.42 Å². The lowest BCUT2D eigenvalue weighted by atomic mass is 10.2. The maximum absolute atomic E-state index is 11.1. The van der Waals surface area contributed by atoms with Crippen LogP contribution >= 0.6 is 23.6 Å². The third-order valence-corrected chi connectivity index (χ3v) is 2.18. The van der Waals surface area contributed by atoms with Gasteiger partial charge < -0.3 is 0 Å². The van der Waals surface area contributed by atoms with Gasteiger partial charge in [-0.25, -0.2) is 9.21 Å². The van der Waals surface area contributed by atoms with E-state index in [1.165, 1.54) is 6.08 Å². The second-order valence-electron chi connectivity index (χ2n) is 2.25. The Hall–Kier alpha value is -0.740. The van der Waals surface area contributed by atoms with Crippen LogP contribution in [0.2, 0.25) is 0 Å². The second kappa shape index (κ2) is 3.33. The molecule has 1 atom stereocenters. The zero-order chi connectivity index (χ0) is 9.30. The van der Waals surface area contributed by atoms with Gasteiger partial charge in [0, 0.05) is 23.6 Å². The number of hydrogen-bond acceptors (Lipinski definition) is 2. The molecule has 1 aliphatic rings. The van der Waals surface area contributed by atoms with Gasteiger partial charge in [0.1, 0.15) is 6.04 Å². The Labute approximate surface area is 79.5 Å². The Morgan fingerprint density at radius 1 is 1.50 bits per heavy atom. The van der Waals surface area contributed by atoms with Crippen molar-refractivity contribution in [1.82, 2.24) is 8.84 Å². The van der Waals surface area contributed by atoms with Crippen molar-refractivity contribution in [2.24, 2.45) is 0 Å². The van der Waals surface area contributed by atoms with Gasteiger partial charge in [0.05, 0.1) is 0 Å². The van der Waals surface area contributed by atoms with E-state index < -0.39 is 18.0 Å². The predicted molar refractivity (Wildman–Crippen MR) is 44.4 cm³/mol. The summed E-state index contributed by atoms with van der Waals surface area (Å²) in [7, 11) is 0. The minimum atomic E-state index is -0.714. The summed E-state index contributed by atoms with van der Waals surface area (Å²) in [6.07, 6.45) is 1.80. The highest BCUT2D eigenvalue weighted by Gasteiger charge is 2.43. The molecule has 0 aromatic rings. The highest BCUT2D eigenvalue weighted by Crippen LogP contribution is 2.23. The van der Waals surface area contributed by atoms with Gasteiger partial charge >= 0.3 is 6.03 Å². The molecule has 0 N–H and O–H groups in total. The zero-order valence-electron chi connectivity index (χ0n) is 6.04. The summed E-state index contributed by atoms with van der Waals surface area (Å²) in [5.74, 6) is -0.517. The fraction of sp³-hybridized carbons (Fsp3) is 0.333. The lowest BCUT2D eigenvalue weighted by molar-refractivity contribution is -0.124. The molecule has 0 aliphatic carbocycles. The fourth-order valence-electron chi connectivity index (χ4n) is 0.890. The topological polar surface area (TPSA) is 40.6 Å². The lowest BCUT2D eigenvalue weighted by Crippen LogP contribution is -2.26. The van der Waals surface area contributed by atoms with E-state index in [-0.39, 0.29) is 0 Å². The van der Waals surface area contributed by atoms with E-state index in [4.69, 9.17) is 23.6 Å². The van der Waals surface area contributed by atoms with Crippen LogP contribution < -0.4 is 0 Å². The smallest absolute Gasteiger partial charge is 0.271 e. The number of imide groups is 1. The SMILES string of the molecule is C=CCC1C(=O)N(Cl)C(=O)N1Cl. The minimum absolute atomic E-state index is 0.303. The third-order valence-electron chi connectivity index (χ3n) is 1.49. The molecule has 1 fully saturated rings. The van der Waals surface area contributed by atoms with Gasteiger partial charge in [-0.3, -0.25) is 4.79 Å². The van der Waals surface area contributed by atoms with Gasteiger partial charge in [-0.1, -0.05) is 6.08 Å². The van der Waals surface area contributed by atoms with E-state index >= 15 is 0 Å².